The highest BCUT2D eigenvalue weighted by Crippen LogP contribution is 2.37. The first-order valence-corrected chi connectivity index (χ1v) is 8.99. The minimum absolute atomic E-state index is 0.0348. The molecule has 5 nitrogen and oxygen atoms in total. The standard InChI is InChI=1S/C19H27FN4O/c1-4-22-14-6-5-7-24(10-14)19-15(20)8-13(9-16(21)25)18-17(19)11(2)12(3)23-18/h8,14,22-23H,4-7,9-10H2,1-3H3,(H2,21,25)/t14-/m0/s1. The number of aromatic nitrogens is 1. The smallest absolute Gasteiger partial charge is 0.221 e. The fourth-order valence-corrected chi connectivity index (χ4v) is 3.94. The van der Waals surface area contributed by atoms with Crippen LogP contribution in [0.15, 0.2) is 6.07 Å². The van der Waals surface area contributed by atoms with Crippen molar-refractivity contribution < 1.29 is 9.18 Å². The Morgan fingerprint density at radius 3 is 2.92 bits per heavy atom. The number of carbonyl (C=O) groups excluding carboxylic acids is 1. The maximum Gasteiger partial charge on any atom is 0.221 e. The highest BCUT2D eigenvalue weighted by atomic mass is 19.1. The number of anilines is 1. The van der Waals surface area contributed by atoms with Crippen molar-refractivity contribution in [2.45, 2.75) is 46.1 Å². The molecule has 4 N–H and O–H groups in total. The monoisotopic (exact) mass is 346 g/mol. The largest absolute Gasteiger partial charge is 0.369 e. The molecule has 3 rings (SSSR count). The number of likely N-dealkylation sites (N-methyl/N-ethyl adjacent to an activating group) is 1. The van der Waals surface area contributed by atoms with E-state index in [1.165, 1.54) is 6.07 Å². The molecule has 1 aliphatic heterocycles. The van der Waals surface area contributed by atoms with Crippen LogP contribution in [-0.4, -0.2) is 36.6 Å². The molecule has 6 heteroatoms. The number of nitrogens with two attached hydrogens (primary N) is 1. The van der Waals surface area contributed by atoms with Crippen LogP contribution in [0.1, 0.15) is 36.6 Å². The summed E-state index contributed by atoms with van der Waals surface area (Å²) in [5.41, 5.74) is 9.47. The van der Waals surface area contributed by atoms with Gasteiger partial charge in [-0.15, -0.1) is 0 Å². The third-order valence-corrected chi connectivity index (χ3v) is 5.18. The van der Waals surface area contributed by atoms with Gasteiger partial charge in [0, 0.05) is 30.2 Å². The van der Waals surface area contributed by atoms with Crippen LogP contribution in [-0.2, 0) is 11.2 Å². The quantitative estimate of drug-likeness (QED) is 0.779. The third-order valence-electron chi connectivity index (χ3n) is 5.18. The zero-order valence-corrected chi connectivity index (χ0v) is 15.2. The van der Waals surface area contributed by atoms with Gasteiger partial charge < -0.3 is 20.9 Å². The molecule has 0 spiro atoms. The van der Waals surface area contributed by atoms with E-state index in [2.05, 4.69) is 22.1 Å². The number of carbonyl (C=O) groups is 1. The third kappa shape index (κ3) is 3.35. The summed E-state index contributed by atoms with van der Waals surface area (Å²) in [6, 6.07) is 1.84. The number of hydrogen-bond acceptors (Lipinski definition) is 3. The van der Waals surface area contributed by atoms with Gasteiger partial charge in [0.15, 0.2) is 0 Å². The molecule has 2 aromatic rings. The normalized spacial score (nSPS) is 18.1. The van der Waals surface area contributed by atoms with Crippen LogP contribution in [0.4, 0.5) is 10.1 Å². The van der Waals surface area contributed by atoms with Gasteiger partial charge in [0.2, 0.25) is 5.91 Å². The van der Waals surface area contributed by atoms with Crippen LogP contribution in [0.2, 0.25) is 0 Å². The van der Waals surface area contributed by atoms with E-state index >= 15 is 4.39 Å². The van der Waals surface area contributed by atoms with Crippen LogP contribution in [0.25, 0.3) is 10.9 Å². The van der Waals surface area contributed by atoms with Crippen LogP contribution in [0.5, 0.6) is 0 Å². The molecule has 0 radical (unpaired) electrons. The van der Waals surface area contributed by atoms with Crippen LogP contribution < -0.4 is 16.0 Å². The Labute approximate surface area is 147 Å². The summed E-state index contributed by atoms with van der Waals surface area (Å²) in [6.07, 6.45) is 2.18. The molecule has 1 fully saturated rings. The predicted molar refractivity (Wildman–Crippen MR) is 99.5 cm³/mol. The van der Waals surface area contributed by atoms with Gasteiger partial charge in [0.25, 0.3) is 0 Å². The van der Waals surface area contributed by atoms with E-state index in [1.54, 1.807) is 0 Å². The van der Waals surface area contributed by atoms with Crippen molar-refractivity contribution in [3.8, 4) is 0 Å². The van der Waals surface area contributed by atoms with Crippen molar-refractivity contribution in [1.82, 2.24) is 10.3 Å². The number of benzene rings is 1. The second-order valence-corrected chi connectivity index (χ2v) is 6.98. The first-order valence-electron chi connectivity index (χ1n) is 8.99. The summed E-state index contributed by atoms with van der Waals surface area (Å²) < 4.78 is 15.1. The lowest BCUT2D eigenvalue weighted by molar-refractivity contribution is -0.117. The first-order chi connectivity index (χ1) is 11.9. The number of halogens is 1. The highest BCUT2D eigenvalue weighted by Gasteiger charge is 2.26. The van der Waals surface area contributed by atoms with Crippen molar-refractivity contribution >= 4 is 22.5 Å². The number of fused-ring (bicyclic) bond motifs is 1. The molecule has 0 saturated carbocycles. The topological polar surface area (TPSA) is 74.2 Å². The van der Waals surface area contributed by atoms with Gasteiger partial charge >= 0.3 is 0 Å². The number of rotatable bonds is 5. The zero-order valence-electron chi connectivity index (χ0n) is 15.2. The molecule has 0 bridgehead atoms. The van der Waals surface area contributed by atoms with Gasteiger partial charge in [-0.25, -0.2) is 4.39 Å². The van der Waals surface area contributed by atoms with E-state index in [9.17, 15) is 4.79 Å². The van der Waals surface area contributed by atoms with Crippen LogP contribution >= 0.6 is 0 Å². The predicted octanol–water partition coefficient (Wildman–Crippen LogP) is 2.53. The second kappa shape index (κ2) is 7.04. The molecule has 25 heavy (non-hydrogen) atoms. The summed E-state index contributed by atoms with van der Waals surface area (Å²) in [6.45, 7) is 8.61. The molecule has 1 saturated heterocycles. The molecule has 2 heterocycles. The Balaban J connectivity index is 2.12. The van der Waals surface area contributed by atoms with E-state index in [0.717, 1.165) is 54.6 Å². The van der Waals surface area contributed by atoms with Crippen molar-refractivity contribution in [1.29, 1.82) is 0 Å². The Morgan fingerprint density at radius 2 is 2.24 bits per heavy atom. The number of amides is 1. The summed E-state index contributed by atoms with van der Waals surface area (Å²) >= 11 is 0. The van der Waals surface area contributed by atoms with Crippen LogP contribution in [0.3, 0.4) is 0 Å². The average molecular weight is 346 g/mol. The van der Waals surface area contributed by atoms with E-state index < -0.39 is 5.91 Å². The van der Waals surface area contributed by atoms with Gasteiger partial charge in [-0.05, 0) is 50.4 Å². The molecule has 0 aliphatic carbocycles. The number of hydrogen-bond donors (Lipinski definition) is 3. The average Bonchev–Trinajstić information content (AvgIpc) is 2.84. The molecule has 1 aromatic heterocycles. The number of aryl methyl sites for hydroxylation is 2. The second-order valence-electron chi connectivity index (χ2n) is 6.98. The first kappa shape index (κ1) is 17.7. The molecular formula is C19H27FN4O. The van der Waals surface area contributed by atoms with Gasteiger partial charge in [-0.3, -0.25) is 4.79 Å². The van der Waals surface area contributed by atoms with E-state index in [4.69, 9.17) is 5.73 Å². The molecule has 1 aliphatic rings. The van der Waals surface area contributed by atoms with E-state index in [1.807, 2.05) is 13.8 Å². The Kier molecular flexibility index (Phi) is 4.99. The van der Waals surface area contributed by atoms with E-state index in [-0.39, 0.29) is 12.2 Å². The number of aromatic amines is 1. The van der Waals surface area contributed by atoms with Gasteiger partial charge in [-0.2, -0.15) is 0 Å². The minimum Gasteiger partial charge on any atom is -0.369 e. The SMILES string of the molecule is CCN[C@H]1CCCN(c2c(F)cc(CC(N)=O)c3[nH]c(C)c(C)c23)C1. The van der Waals surface area contributed by atoms with E-state index in [0.29, 0.717) is 17.3 Å². The lowest BCUT2D eigenvalue weighted by Crippen LogP contribution is -2.46. The fourth-order valence-electron chi connectivity index (χ4n) is 3.94. The maximum atomic E-state index is 15.1. The molecular weight excluding hydrogens is 319 g/mol. The van der Waals surface area contributed by atoms with Crippen molar-refractivity contribution in [3.63, 3.8) is 0 Å². The summed E-state index contributed by atoms with van der Waals surface area (Å²) in [5, 5.41) is 4.36. The fraction of sp³-hybridized carbons (Fsp3) is 0.526. The van der Waals surface area contributed by atoms with Crippen LogP contribution in [0, 0.1) is 19.7 Å². The summed E-state index contributed by atoms with van der Waals surface area (Å²) in [4.78, 5) is 16.9. The maximum absolute atomic E-state index is 15.1. The molecule has 136 valence electrons. The summed E-state index contributed by atoms with van der Waals surface area (Å²) in [5.74, 6) is -0.730. The lowest BCUT2D eigenvalue weighted by Gasteiger charge is -2.35. The Morgan fingerprint density at radius 1 is 1.48 bits per heavy atom. The zero-order chi connectivity index (χ0) is 18.1. The minimum atomic E-state index is -0.455. The molecule has 1 amide bonds. The lowest BCUT2D eigenvalue weighted by atomic mass is 9.99. The molecule has 1 aromatic carbocycles. The van der Waals surface area contributed by atoms with Gasteiger partial charge in [0.05, 0.1) is 17.6 Å². The van der Waals surface area contributed by atoms with Gasteiger partial charge in [-0.1, -0.05) is 6.92 Å². The van der Waals surface area contributed by atoms with Gasteiger partial charge in [0.1, 0.15) is 5.82 Å². The summed E-state index contributed by atoms with van der Waals surface area (Å²) in [7, 11) is 0. The van der Waals surface area contributed by atoms with Crippen molar-refractivity contribution in [2.24, 2.45) is 5.73 Å². The number of nitrogens with zero attached hydrogens (tertiary/aromatic N) is 1. The Hall–Kier alpha value is -2.08. The number of piperidine rings is 1. The number of H-pyrrole nitrogens is 1. The number of primary amides is 1. The number of nitrogens with one attached hydrogen (secondary N) is 2. The highest BCUT2D eigenvalue weighted by molar-refractivity contribution is 6.00. The molecule has 0 unspecified atom stereocenters. The molecule has 1 atom stereocenters. The van der Waals surface area contributed by atoms with Crippen molar-refractivity contribution in [3.05, 3.63) is 28.7 Å². The Bertz CT molecular complexity index is 797. The van der Waals surface area contributed by atoms with Crippen molar-refractivity contribution in [2.75, 3.05) is 24.5 Å².